The lowest BCUT2D eigenvalue weighted by molar-refractivity contribution is 0.294. The van der Waals surface area contributed by atoms with E-state index in [1.165, 1.54) is 4.31 Å². The molecule has 8 heteroatoms. The highest BCUT2D eigenvalue weighted by Gasteiger charge is 2.31. The van der Waals surface area contributed by atoms with Crippen LogP contribution in [0, 0.1) is 0 Å². The quantitative estimate of drug-likeness (QED) is 0.816. The zero-order chi connectivity index (χ0) is 17.2. The Morgan fingerprint density at radius 2 is 1.92 bits per heavy atom. The molecule has 0 bridgehead atoms. The Morgan fingerprint density at radius 1 is 1.17 bits per heavy atom. The summed E-state index contributed by atoms with van der Waals surface area (Å²) in [6.45, 7) is 1.75. The van der Waals surface area contributed by atoms with Gasteiger partial charge >= 0.3 is 0 Å². The van der Waals surface area contributed by atoms with Crippen LogP contribution in [-0.4, -0.2) is 58.7 Å². The predicted octanol–water partition coefficient (Wildman–Crippen LogP) is 1.31. The normalized spacial score (nSPS) is 17.5. The summed E-state index contributed by atoms with van der Waals surface area (Å²) in [6.07, 6.45) is 7.13. The van der Waals surface area contributed by atoms with Crippen LogP contribution in [0.2, 0.25) is 0 Å². The lowest BCUT2D eigenvalue weighted by Crippen LogP contribution is -2.44. The number of nitrogens with zero attached hydrogens (tertiary/aromatic N) is 5. The van der Waals surface area contributed by atoms with Gasteiger partial charge in [0.1, 0.15) is 5.82 Å². The van der Waals surface area contributed by atoms with Crippen molar-refractivity contribution >= 4 is 10.2 Å². The van der Waals surface area contributed by atoms with Crippen LogP contribution in [0.5, 0.6) is 0 Å². The van der Waals surface area contributed by atoms with E-state index in [2.05, 4.69) is 14.5 Å². The van der Waals surface area contributed by atoms with Gasteiger partial charge in [-0.2, -0.15) is 17.0 Å². The van der Waals surface area contributed by atoms with Gasteiger partial charge in [0, 0.05) is 51.7 Å². The number of piperidine rings is 1. The van der Waals surface area contributed by atoms with E-state index in [4.69, 9.17) is 0 Å². The van der Waals surface area contributed by atoms with Crippen LogP contribution in [0.4, 0.5) is 0 Å². The second-order valence-electron chi connectivity index (χ2n) is 6.20. The SMILES string of the molecule is CN(C)S(=O)(=O)N1CCC(c2nccn2Cc2ccccn2)CC1. The van der Waals surface area contributed by atoms with E-state index >= 15 is 0 Å². The molecule has 24 heavy (non-hydrogen) atoms. The molecule has 0 saturated carbocycles. The monoisotopic (exact) mass is 349 g/mol. The molecule has 0 spiro atoms. The molecule has 1 saturated heterocycles. The van der Waals surface area contributed by atoms with Gasteiger partial charge in [0.05, 0.1) is 12.2 Å². The Morgan fingerprint density at radius 3 is 2.54 bits per heavy atom. The molecule has 2 aromatic heterocycles. The van der Waals surface area contributed by atoms with Crippen molar-refractivity contribution in [2.45, 2.75) is 25.3 Å². The van der Waals surface area contributed by atoms with E-state index < -0.39 is 10.2 Å². The van der Waals surface area contributed by atoms with Crippen LogP contribution in [0.25, 0.3) is 0 Å². The van der Waals surface area contributed by atoms with Gasteiger partial charge in [0.25, 0.3) is 10.2 Å². The van der Waals surface area contributed by atoms with Crippen molar-refractivity contribution < 1.29 is 8.42 Å². The fourth-order valence-corrected chi connectivity index (χ4v) is 4.19. The molecule has 0 radical (unpaired) electrons. The molecule has 0 amide bonds. The maximum atomic E-state index is 12.2. The van der Waals surface area contributed by atoms with Crippen LogP contribution >= 0.6 is 0 Å². The first kappa shape index (κ1) is 17.1. The van der Waals surface area contributed by atoms with Crippen molar-refractivity contribution in [1.29, 1.82) is 0 Å². The molecule has 0 aromatic carbocycles. The van der Waals surface area contributed by atoms with Crippen molar-refractivity contribution in [2.24, 2.45) is 0 Å². The third kappa shape index (κ3) is 3.50. The van der Waals surface area contributed by atoms with E-state index in [0.717, 1.165) is 24.4 Å². The van der Waals surface area contributed by atoms with Crippen LogP contribution < -0.4 is 0 Å². The first-order valence-corrected chi connectivity index (χ1v) is 9.46. The summed E-state index contributed by atoms with van der Waals surface area (Å²) in [7, 11) is -0.181. The summed E-state index contributed by atoms with van der Waals surface area (Å²) in [5, 5.41) is 0. The van der Waals surface area contributed by atoms with E-state index in [9.17, 15) is 8.42 Å². The molecule has 3 rings (SSSR count). The van der Waals surface area contributed by atoms with Gasteiger partial charge in [-0.25, -0.2) is 4.98 Å². The second kappa shape index (κ2) is 7.00. The average Bonchev–Trinajstić information content (AvgIpc) is 3.04. The van der Waals surface area contributed by atoms with Crippen molar-refractivity contribution in [2.75, 3.05) is 27.2 Å². The Hall–Kier alpha value is -1.77. The van der Waals surface area contributed by atoms with E-state index in [-0.39, 0.29) is 5.92 Å². The van der Waals surface area contributed by atoms with Gasteiger partial charge in [-0.3, -0.25) is 4.98 Å². The molecule has 7 nitrogen and oxygen atoms in total. The van der Waals surface area contributed by atoms with Crippen molar-refractivity contribution in [3.8, 4) is 0 Å². The van der Waals surface area contributed by atoms with Crippen LogP contribution in [-0.2, 0) is 16.8 Å². The van der Waals surface area contributed by atoms with Crippen molar-refractivity contribution in [3.63, 3.8) is 0 Å². The molecular formula is C16H23N5O2S. The van der Waals surface area contributed by atoms with Crippen molar-refractivity contribution in [3.05, 3.63) is 48.3 Å². The average molecular weight is 349 g/mol. The molecule has 0 aliphatic carbocycles. The van der Waals surface area contributed by atoms with Gasteiger partial charge in [0.15, 0.2) is 0 Å². The number of hydrogen-bond donors (Lipinski definition) is 0. The van der Waals surface area contributed by atoms with E-state index in [0.29, 0.717) is 19.6 Å². The minimum Gasteiger partial charge on any atom is -0.329 e. The van der Waals surface area contributed by atoms with Gasteiger partial charge < -0.3 is 4.57 Å². The Labute approximate surface area is 143 Å². The first-order valence-electron chi connectivity index (χ1n) is 8.07. The summed E-state index contributed by atoms with van der Waals surface area (Å²) >= 11 is 0. The highest BCUT2D eigenvalue weighted by molar-refractivity contribution is 7.86. The highest BCUT2D eigenvalue weighted by Crippen LogP contribution is 2.28. The van der Waals surface area contributed by atoms with Crippen molar-refractivity contribution in [1.82, 2.24) is 23.1 Å². The van der Waals surface area contributed by atoms with Gasteiger partial charge in [-0.05, 0) is 25.0 Å². The van der Waals surface area contributed by atoms with Gasteiger partial charge in [-0.1, -0.05) is 6.07 Å². The van der Waals surface area contributed by atoms with Gasteiger partial charge in [0.2, 0.25) is 0 Å². The van der Waals surface area contributed by atoms with Crippen LogP contribution in [0.3, 0.4) is 0 Å². The zero-order valence-corrected chi connectivity index (χ0v) is 14.9. The maximum Gasteiger partial charge on any atom is 0.281 e. The lowest BCUT2D eigenvalue weighted by Gasteiger charge is -2.32. The minimum absolute atomic E-state index is 0.275. The molecule has 1 aliphatic rings. The third-order valence-corrected chi connectivity index (χ3v) is 6.35. The van der Waals surface area contributed by atoms with E-state index in [1.54, 1.807) is 30.8 Å². The number of pyridine rings is 1. The molecule has 3 heterocycles. The molecular weight excluding hydrogens is 326 g/mol. The summed E-state index contributed by atoms with van der Waals surface area (Å²) in [5.41, 5.74) is 0.990. The zero-order valence-electron chi connectivity index (χ0n) is 14.0. The topological polar surface area (TPSA) is 71.3 Å². The largest absolute Gasteiger partial charge is 0.329 e. The summed E-state index contributed by atoms with van der Waals surface area (Å²) < 4.78 is 29.4. The van der Waals surface area contributed by atoms with Crippen LogP contribution in [0.1, 0.15) is 30.3 Å². The summed E-state index contributed by atoms with van der Waals surface area (Å²) in [6, 6.07) is 5.87. The number of rotatable bonds is 5. The Balaban J connectivity index is 1.69. The third-order valence-electron chi connectivity index (χ3n) is 4.41. The molecule has 0 N–H and O–H groups in total. The standard InChI is InChI=1S/C16H23N5O2S/c1-19(2)24(22,23)21-10-6-14(7-11-21)16-18-9-12-20(16)13-15-5-3-4-8-17-15/h3-5,8-9,12,14H,6-7,10-11,13H2,1-2H3. The fraction of sp³-hybridized carbons (Fsp3) is 0.500. The highest BCUT2D eigenvalue weighted by atomic mass is 32.2. The second-order valence-corrected chi connectivity index (χ2v) is 8.34. The number of aromatic nitrogens is 3. The number of hydrogen-bond acceptors (Lipinski definition) is 4. The summed E-state index contributed by atoms with van der Waals surface area (Å²) in [4.78, 5) is 8.88. The van der Waals surface area contributed by atoms with Crippen LogP contribution in [0.15, 0.2) is 36.8 Å². The molecule has 0 atom stereocenters. The lowest BCUT2D eigenvalue weighted by atomic mass is 9.97. The Bertz CT molecular complexity index is 765. The van der Waals surface area contributed by atoms with Gasteiger partial charge in [-0.15, -0.1) is 0 Å². The molecule has 1 aliphatic heterocycles. The Kier molecular flexibility index (Phi) is 4.98. The molecule has 2 aromatic rings. The maximum absolute atomic E-state index is 12.2. The first-order chi connectivity index (χ1) is 11.5. The molecule has 1 fully saturated rings. The summed E-state index contributed by atoms with van der Waals surface area (Å²) in [5.74, 6) is 1.29. The van der Waals surface area contributed by atoms with E-state index in [1.807, 2.05) is 24.4 Å². The number of imidazole rings is 1. The molecule has 130 valence electrons. The fourth-order valence-electron chi connectivity index (χ4n) is 3.06. The minimum atomic E-state index is -3.32. The molecule has 0 unspecified atom stereocenters. The predicted molar refractivity (Wildman–Crippen MR) is 91.7 cm³/mol. The smallest absolute Gasteiger partial charge is 0.281 e.